The highest BCUT2D eigenvalue weighted by Gasteiger charge is 2.33. The third kappa shape index (κ3) is 10.2. The molecule has 144 valence electrons. The van der Waals surface area contributed by atoms with Crippen LogP contribution >= 0.6 is 0 Å². The van der Waals surface area contributed by atoms with E-state index in [0.717, 1.165) is 6.42 Å². The van der Waals surface area contributed by atoms with Gasteiger partial charge in [0.15, 0.2) is 6.71 Å². The maximum Gasteiger partial charge on any atom is 0.192 e. The molecule has 0 saturated heterocycles. The van der Waals surface area contributed by atoms with Crippen molar-refractivity contribution in [3.63, 3.8) is 0 Å². The van der Waals surface area contributed by atoms with Crippen LogP contribution in [-0.2, 0) is 0 Å². The van der Waals surface area contributed by atoms with Gasteiger partial charge in [-0.25, -0.2) is 0 Å². The molecule has 2 atom stereocenters. The van der Waals surface area contributed by atoms with Crippen molar-refractivity contribution in [2.45, 2.75) is 118 Å². The number of allylic oxidation sites excluding steroid dienone is 2. The first kappa shape index (κ1) is 24.4. The monoisotopic (exact) mass is 344 g/mol. The highest BCUT2D eigenvalue weighted by atomic mass is 14.1. The van der Waals surface area contributed by atoms with E-state index in [1.165, 1.54) is 50.4 Å². The Kier molecular flexibility index (Phi) is 14.2. The highest BCUT2D eigenvalue weighted by molar-refractivity contribution is 6.70. The van der Waals surface area contributed by atoms with Crippen LogP contribution in [0.3, 0.4) is 0 Å². The van der Waals surface area contributed by atoms with Crippen molar-refractivity contribution in [3.8, 4) is 11.8 Å². The number of rotatable bonds is 12. The van der Waals surface area contributed by atoms with Crippen LogP contribution in [0.5, 0.6) is 0 Å². The van der Waals surface area contributed by atoms with Gasteiger partial charge < -0.3 is 0 Å². The Morgan fingerprint density at radius 2 is 1.36 bits per heavy atom. The van der Waals surface area contributed by atoms with Gasteiger partial charge in [-0.05, 0) is 18.3 Å². The maximum atomic E-state index is 3.64. The summed E-state index contributed by atoms with van der Waals surface area (Å²) in [4.78, 5) is 0. The highest BCUT2D eigenvalue weighted by Crippen LogP contribution is 2.36. The van der Waals surface area contributed by atoms with E-state index in [9.17, 15) is 0 Å². The normalized spacial score (nSPS) is 14.4. The Hall–Kier alpha value is -0.635. The van der Waals surface area contributed by atoms with E-state index < -0.39 is 0 Å². The summed E-state index contributed by atoms with van der Waals surface area (Å²) in [6.45, 7) is 19.5. The van der Waals surface area contributed by atoms with Gasteiger partial charge in [-0.15, -0.1) is 0 Å². The zero-order chi connectivity index (χ0) is 19.2. The Labute approximate surface area is 160 Å². The molecule has 0 bridgehead atoms. The molecule has 0 aromatic heterocycles. The van der Waals surface area contributed by atoms with E-state index >= 15 is 0 Å². The molecule has 0 N–H and O–H groups in total. The van der Waals surface area contributed by atoms with Crippen LogP contribution in [0, 0.1) is 23.7 Å². The lowest BCUT2D eigenvalue weighted by Gasteiger charge is -2.32. The zero-order valence-electron chi connectivity index (χ0n) is 18.6. The average Bonchev–Trinajstić information content (AvgIpc) is 2.57. The smallest absolute Gasteiger partial charge is 0.0991 e. The molecule has 0 saturated carbocycles. The Morgan fingerprint density at radius 1 is 0.800 bits per heavy atom. The number of hydrogen-bond donors (Lipinski definition) is 0. The minimum atomic E-state index is 0.597. The van der Waals surface area contributed by atoms with Gasteiger partial charge in [0.2, 0.25) is 0 Å². The molecule has 0 aromatic rings. The standard InChI is InChI=1S/C24H45B/c1-9-11-13-14-15-17-19-24(18-16-12-10-2)25(22(7)20(3)4)23(8)21(5)6/h18,20-23H,9-16H2,1-8H3/b24-18-. The SMILES string of the molecule is CCCC/C=C(/C#CCCCCCC)B(C(C)C(C)C)C(C)C(C)C. The van der Waals surface area contributed by atoms with Gasteiger partial charge in [-0.1, -0.05) is 129 Å². The zero-order valence-corrected chi connectivity index (χ0v) is 18.6. The lowest BCUT2D eigenvalue weighted by atomic mass is 9.28. The summed E-state index contributed by atoms with van der Waals surface area (Å²) in [5, 5.41) is 0. The van der Waals surface area contributed by atoms with Crippen LogP contribution < -0.4 is 0 Å². The van der Waals surface area contributed by atoms with Crippen LogP contribution in [0.1, 0.15) is 107 Å². The molecule has 0 amide bonds. The van der Waals surface area contributed by atoms with Crippen LogP contribution in [0.4, 0.5) is 0 Å². The summed E-state index contributed by atoms with van der Waals surface area (Å²) in [5.74, 6) is 9.92. The van der Waals surface area contributed by atoms with E-state index in [4.69, 9.17) is 0 Å². The fraction of sp³-hybridized carbons (Fsp3) is 0.833. The van der Waals surface area contributed by atoms with Gasteiger partial charge in [-0.2, -0.15) is 0 Å². The summed E-state index contributed by atoms with van der Waals surface area (Å²) in [6.07, 6.45) is 12.5. The molecule has 0 nitrogen and oxygen atoms in total. The van der Waals surface area contributed by atoms with Crippen molar-refractivity contribution < 1.29 is 0 Å². The minimum absolute atomic E-state index is 0.597. The van der Waals surface area contributed by atoms with Crippen molar-refractivity contribution >= 4 is 6.71 Å². The molecule has 0 rings (SSSR count). The summed E-state index contributed by atoms with van der Waals surface area (Å²) in [7, 11) is 0. The minimum Gasteiger partial charge on any atom is -0.0991 e. The molecule has 0 aliphatic carbocycles. The van der Waals surface area contributed by atoms with Gasteiger partial charge in [0, 0.05) is 6.42 Å². The number of hydrogen-bond acceptors (Lipinski definition) is 0. The molecule has 0 aromatic carbocycles. The van der Waals surface area contributed by atoms with Crippen molar-refractivity contribution in [2.24, 2.45) is 11.8 Å². The molecule has 0 aliphatic rings. The van der Waals surface area contributed by atoms with Crippen LogP contribution in [-0.4, -0.2) is 6.71 Å². The fourth-order valence-electron chi connectivity index (χ4n) is 3.41. The first-order valence-corrected chi connectivity index (χ1v) is 11.1. The molecule has 0 spiro atoms. The Bertz CT molecular complexity index is 394. The largest absolute Gasteiger partial charge is 0.192 e. The molecule has 0 radical (unpaired) electrons. The van der Waals surface area contributed by atoms with Crippen LogP contribution in [0.2, 0.25) is 11.6 Å². The maximum absolute atomic E-state index is 3.64. The lowest BCUT2D eigenvalue weighted by Crippen LogP contribution is -2.32. The predicted octanol–water partition coefficient (Wildman–Crippen LogP) is 8.20. The van der Waals surface area contributed by atoms with E-state index in [0.29, 0.717) is 30.2 Å². The first-order chi connectivity index (χ1) is 11.9. The van der Waals surface area contributed by atoms with Gasteiger partial charge in [0.1, 0.15) is 0 Å². The topological polar surface area (TPSA) is 0 Å². The summed E-state index contributed by atoms with van der Waals surface area (Å²) in [6, 6.07) is 0. The third-order valence-corrected chi connectivity index (χ3v) is 5.91. The molecule has 1 heteroatoms. The summed E-state index contributed by atoms with van der Waals surface area (Å²) in [5.41, 5.74) is 1.44. The third-order valence-electron chi connectivity index (χ3n) is 5.91. The molecule has 0 fully saturated rings. The van der Waals surface area contributed by atoms with Crippen molar-refractivity contribution in [2.75, 3.05) is 0 Å². The first-order valence-electron chi connectivity index (χ1n) is 11.1. The number of unbranched alkanes of at least 4 members (excludes halogenated alkanes) is 6. The Balaban J connectivity index is 5.33. The van der Waals surface area contributed by atoms with E-state index in [2.05, 4.69) is 73.3 Å². The van der Waals surface area contributed by atoms with Crippen molar-refractivity contribution in [3.05, 3.63) is 11.5 Å². The molecule has 0 heterocycles. The van der Waals surface area contributed by atoms with Gasteiger partial charge in [0.25, 0.3) is 0 Å². The molecular weight excluding hydrogens is 299 g/mol. The lowest BCUT2D eigenvalue weighted by molar-refractivity contribution is 0.565. The van der Waals surface area contributed by atoms with Crippen LogP contribution in [0.15, 0.2) is 11.5 Å². The second kappa shape index (κ2) is 14.5. The average molecular weight is 344 g/mol. The predicted molar refractivity (Wildman–Crippen MR) is 118 cm³/mol. The molecule has 25 heavy (non-hydrogen) atoms. The Morgan fingerprint density at radius 3 is 1.84 bits per heavy atom. The van der Waals surface area contributed by atoms with E-state index in [1.807, 2.05) is 0 Å². The fourth-order valence-corrected chi connectivity index (χ4v) is 3.41. The van der Waals surface area contributed by atoms with Crippen molar-refractivity contribution in [1.82, 2.24) is 0 Å². The summed E-state index contributed by atoms with van der Waals surface area (Å²) < 4.78 is 0. The van der Waals surface area contributed by atoms with Crippen molar-refractivity contribution in [1.29, 1.82) is 0 Å². The van der Waals surface area contributed by atoms with Gasteiger partial charge >= 0.3 is 0 Å². The second-order valence-electron chi connectivity index (χ2n) is 8.65. The molecular formula is C24H45B. The van der Waals surface area contributed by atoms with Gasteiger partial charge in [0.05, 0.1) is 0 Å². The van der Waals surface area contributed by atoms with E-state index in [1.54, 1.807) is 0 Å². The van der Waals surface area contributed by atoms with Gasteiger partial charge in [-0.3, -0.25) is 0 Å². The molecule has 0 aliphatic heterocycles. The quantitative estimate of drug-likeness (QED) is 0.190. The van der Waals surface area contributed by atoms with E-state index in [-0.39, 0.29) is 0 Å². The second-order valence-corrected chi connectivity index (χ2v) is 8.65. The molecule has 2 unspecified atom stereocenters. The van der Waals surface area contributed by atoms with Crippen LogP contribution in [0.25, 0.3) is 0 Å². The summed E-state index contributed by atoms with van der Waals surface area (Å²) >= 11 is 0.